The van der Waals surface area contributed by atoms with Crippen molar-refractivity contribution in [2.24, 2.45) is 11.7 Å². The van der Waals surface area contributed by atoms with Gasteiger partial charge in [0.05, 0.1) is 5.69 Å². The van der Waals surface area contributed by atoms with Crippen molar-refractivity contribution in [1.29, 1.82) is 0 Å². The van der Waals surface area contributed by atoms with E-state index >= 15 is 0 Å². The summed E-state index contributed by atoms with van der Waals surface area (Å²) in [5.74, 6) is -0.583. The van der Waals surface area contributed by atoms with Crippen molar-refractivity contribution in [3.05, 3.63) is 47.8 Å². The summed E-state index contributed by atoms with van der Waals surface area (Å²) in [4.78, 5) is 23.7. The Kier molecular flexibility index (Phi) is 4.33. The number of H-pyrrole nitrogens is 1. The molecule has 0 radical (unpaired) electrons. The monoisotopic (exact) mass is 336 g/mol. The van der Waals surface area contributed by atoms with E-state index in [9.17, 15) is 4.79 Å². The number of nitrogens with two attached hydrogens (primary N) is 1. The van der Waals surface area contributed by atoms with Crippen LogP contribution in [0.25, 0.3) is 22.4 Å². The van der Waals surface area contributed by atoms with Crippen molar-refractivity contribution < 1.29 is 4.79 Å². The molecule has 0 aliphatic heterocycles. The van der Waals surface area contributed by atoms with Crippen LogP contribution in [0.2, 0.25) is 0 Å². The van der Waals surface area contributed by atoms with Gasteiger partial charge in [-0.25, -0.2) is 4.98 Å². The number of nitrogens with zero attached hydrogens (tertiary/aromatic N) is 2. The summed E-state index contributed by atoms with van der Waals surface area (Å²) in [5.41, 5.74) is 11.4. The largest absolute Gasteiger partial charge is 0.369 e. The number of rotatable bonds is 4. The Morgan fingerprint density at radius 3 is 2.40 bits per heavy atom. The highest BCUT2D eigenvalue weighted by Gasteiger charge is 2.20. The molecule has 1 aromatic carbocycles. The smallest absolute Gasteiger partial charge is 0.220 e. The zero-order chi connectivity index (χ0) is 18.2. The van der Waals surface area contributed by atoms with Gasteiger partial charge in [0, 0.05) is 23.9 Å². The fraction of sp³-hybridized carbons (Fsp3) is 0.350. The van der Waals surface area contributed by atoms with Gasteiger partial charge in [-0.05, 0) is 23.0 Å². The first-order valence-corrected chi connectivity index (χ1v) is 8.49. The summed E-state index contributed by atoms with van der Waals surface area (Å²) < 4.78 is 0. The van der Waals surface area contributed by atoms with Crippen molar-refractivity contribution in [1.82, 2.24) is 15.0 Å². The quantitative estimate of drug-likeness (QED) is 0.763. The molecule has 1 amide bonds. The summed E-state index contributed by atoms with van der Waals surface area (Å²) in [6.07, 6.45) is 3.86. The number of amides is 1. The van der Waals surface area contributed by atoms with Gasteiger partial charge in [-0.3, -0.25) is 9.78 Å². The summed E-state index contributed by atoms with van der Waals surface area (Å²) in [6.45, 7) is 8.42. The molecule has 3 N–H and O–H groups in total. The Labute approximate surface area is 147 Å². The molecule has 0 aliphatic rings. The average Bonchev–Trinajstić information content (AvgIpc) is 2.93. The van der Waals surface area contributed by atoms with E-state index in [1.807, 2.05) is 6.92 Å². The Balaban J connectivity index is 2.10. The number of benzene rings is 1. The second-order valence-electron chi connectivity index (χ2n) is 7.57. The lowest BCUT2D eigenvalue weighted by molar-refractivity contribution is -0.121. The summed E-state index contributed by atoms with van der Waals surface area (Å²) in [6, 6.07) is 8.49. The third-order valence-corrected chi connectivity index (χ3v) is 4.56. The Hall–Kier alpha value is -2.69. The van der Waals surface area contributed by atoms with Crippen LogP contribution in [0.15, 0.2) is 36.7 Å². The number of fused-ring (bicyclic) bond motifs is 1. The first-order valence-electron chi connectivity index (χ1n) is 8.49. The molecule has 0 saturated carbocycles. The second-order valence-corrected chi connectivity index (χ2v) is 7.57. The molecular formula is C20H24N4O. The molecule has 0 aliphatic carbocycles. The SMILES string of the molecule is CC(Cc1c(-c2ccc(C(C)(C)C)cc2)[nH]c2nccnc12)C(N)=O. The van der Waals surface area contributed by atoms with Crippen LogP contribution in [0, 0.1) is 5.92 Å². The molecule has 0 spiro atoms. The summed E-state index contributed by atoms with van der Waals surface area (Å²) in [7, 11) is 0. The van der Waals surface area contributed by atoms with Gasteiger partial charge >= 0.3 is 0 Å². The second kappa shape index (κ2) is 6.31. The van der Waals surface area contributed by atoms with E-state index < -0.39 is 0 Å². The molecule has 2 aromatic heterocycles. The standard InChI is InChI=1S/C20H24N4O/c1-12(18(21)25)11-15-16(24-19-17(15)22-9-10-23-19)13-5-7-14(8-6-13)20(2,3)4/h5-10,12H,11H2,1-4H3,(H2,21,25)(H,23,24). The molecule has 0 saturated heterocycles. The van der Waals surface area contributed by atoms with Gasteiger partial charge < -0.3 is 10.7 Å². The lowest BCUT2D eigenvalue weighted by Crippen LogP contribution is -2.22. The van der Waals surface area contributed by atoms with Crippen LogP contribution in [0.4, 0.5) is 0 Å². The molecule has 0 bridgehead atoms. The van der Waals surface area contributed by atoms with Gasteiger partial charge in [-0.15, -0.1) is 0 Å². The number of aromatic amines is 1. The predicted octanol–water partition coefficient (Wildman–Crippen LogP) is 3.59. The van der Waals surface area contributed by atoms with E-state index in [4.69, 9.17) is 5.73 Å². The number of hydrogen-bond donors (Lipinski definition) is 2. The van der Waals surface area contributed by atoms with Gasteiger partial charge in [0.15, 0.2) is 5.65 Å². The molecule has 5 heteroatoms. The molecule has 0 fully saturated rings. The lowest BCUT2D eigenvalue weighted by atomic mass is 9.86. The van der Waals surface area contributed by atoms with E-state index in [-0.39, 0.29) is 17.2 Å². The average molecular weight is 336 g/mol. The third kappa shape index (κ3) is 3.40. The van der Waals surface area contributed by atoms with E-state index in [1.165, 1.54) is 5.56 Å². The Bertz CT molecular complexity index is 904. The van der Waals surface area contributed by atoms with Gasteiger partial charge in [0.2, 0.25) is 5.91 Å². The fourth-order valence-corrected chi connectivity index (χ4v) is 2.95. The maximum atomic E-state index is 11.5. The highest BCUT2D eigenvalue weighted by atomic mass is 16.1. The minimum atomic E-state index is -0.313. The molecular weight excluding hydrogens is 312 g/mol. The van der Waals surface area contributed by atoms with E-state index in [0.29, 0.717) is 6.42 Å². The van der Waals surface area contributed by atoms with E-state index in [1.54, 1.807) is 12.4 Å². The van der Waals surface area contributed by atoms with Crippen molar-refractivity contribution in [2.75, 3.05) is 0 Å². The highest BCUT2D eigenvalue weighted by Crippen LogP contribution is 2.32. The van der Waals surface area contributed by atoms with Crippen molar-refractivity contribution in [2.45, 2.75) is 39.5 Å². The molecule has 3 aromatic rings. The van der Waals surface area contributed by atoms with Crippen molar-refractivity contribution in [3.63, 3.8) is 0 Å². The van der Waals surface area contributed by atoms with Crippen LogP contribution >= 0.6 is 0 Å². The van der Waals surface area contributed by atoms with E-state index in [0.717, 1.165) is 28.0 Å². The number of aromatic nitrogens is 3. The number of carbonyl (C=O) groups is 1. The molecule has 1 unspecified atom stereocenters. The maximum absolute atomic E-state index is 11.5. The third-order valence-electron chi connectivity index (χ3n) is 4.56. The van der Waals surface area contributed by atoms with Crippen LogP contribution in [-0.2, 0) is 16.6 Å². The summed E-state index contributed by atoms with van der Waals surface area (Å²) >= 11 is 0. The van der Waals surface area contributed by atoms with Crippen LogP contribution in [0.3, 0.4) is 0 Å². The minimum Gasteiger partial charge on any atom is -0.369 e. The normalized spacial score (nSPS) is 13.1. The molecule has 5 nitrogen and oxygen atoms in total. The predicted molar refractivity (Wildman–Crippen MR) is 100 cm³/mol. The van der Waals surface area contributed by atoms with Crippen LogP contribution in [0.5, 0.6) is 0 Å². The summed E-state index contributed by atoms with van der Waals surface area (Å²) in [5, 5.41) is 0. The van der Waals surface area contributed by atoms with Crippen LogP contribution in [0.1, 0.15) is 38.8 Å². The Morgan fingerprint density at radius 2 is 1.80 bits per heavy atom. The molecule has 130 valence electrons. The van der Waals surface area contributed by atoms with E-state index in [2.05, 4.69) is 60.0 Å². The van der Waals surface area contributed by atoms with Gasteiger partial charge in [0.1, 0.15) is 5.52 Å². The number of hydrogen-bond acceptors (Lipinski definition) is 3. The maximum Gasteiger partial charge on any atom is 0.220 e. The number of primary amides is 1. The zero-order valence-corrected chi connectivity index (χ0v) is 15.1. The fourth-order valence-electron chi connectivity index (χ4n) is 2.95. The van der Waals surface area contributed by atoms with Crippen molar-refractivity contribution >= 4 is 17.1 Å². The first kappa shape index (κ1) is 17.1. The molecule has 3 rings (SSSR count). The topological polar surface area (TPSA) is 84.7 Å². The van der Waals surface area contributed by atoms with Gasteiger partial charge in [0.25, 0.3) is 0 Å². The molecule has 1 atom stereocenters. The van der Waals surface area contributed by atoms with Gasteiger partial charge in [-0.1, -0.05) is 52.0 Å². The van der Waals surface area contributed by atoms with Crippen molar-refractivity contribution in [3.8, 4) is 11.3 Å². The number of nitrogens with one attached hydrogen (secondary N) is 1. The van der Waals surface area contributed by atoms with Crippen LogP contribution in [-0.4, -0.2) is 20.9 Å². The zero-order valence-electron chi connectivity index (χ0n) is 15.1. The molecule has 2 heterocycles. The number of carbonyl (C=O) groups excluding carboxylic acids is 1. The molecule has 25 heavy (non-hydrogen) atoms. The lowest BCUT2D eigenvalue weighted by Gasteiger charge is -2.19. The highest BCUT2D eigenvalue weighted by molar-refractivity contribution is 5.86. The van der Waals surface area contributed by atoms with Gasteiger partial charge in [-0.2, -0.15) is 0 Å². The van der Waals surface area contributed by atoms with Crippen LogP contribution < -0.4 is 5.73 Å². The first-order chi connectivity index (χ1) is 11.8. The minimum absolute atomic E-state index is 0.103. The Morgan fingerprint density at radius 1 is 1.16 bits per heavy atom.